The number of imidazole rings is 1. The summed E-state index contributed by atoms with van der Waals surface area (Å²) in [6.07, 6.45) is 1.87. The zero-order valence-electron chi connectivity index (χ0n) is 17.0. The van der Waals surface area contributed by atoms with Crippen LogP contribution in [0.3, 0.4) is 0 Å². The van der Waals surface area contributed by atoms with Crippen molar-refractivity contribution >= 4 is 34.4 Å². The van der Waals surface area contributed by atoms with E-state index in [1.165, 1.54) is 29.6 Å². The molecule has 4 heterocycles. The summed E-state index contributed by atoms with van der Waals surface area (Å²) in [5, 5.41) is 5.88. The molecule has 2 aliphatic heterocycles. The third-order valence-electron chi connectivity index (χ3n) is 5.97. The summed E-state index contributed by atoms with van der Waals surface area (Å²) in [5.41, 5.74) is 1.14. The molecule has 3 aromatic rings. The minimum Gasteiger partial charge on any atom is -0.356 e. The topological polar surface area (TPSA) is 123 Å². The highest BCUT2D eigenvalue weighted by Crippen LogP contribution is 2.36. The highest BCUT2D eigenvalue weighted by molar-refractivity contribution is 6.04. The van der Waals surface area contributed by atoms with E-state index in [1.807, 2.05) is 29.2 Å². The number of nitrogens with zero attached hydrogens (tertiary/aromatic N) is 5. The Kier molecular flexibility index (Phi) is 4.20. The van der Waals surface area contributed by atoms with Gasteiger partial charge in [0, 0.05) is 26.7 Å². The predicted octanol–water partition coefficient (Wildman–Crippen LogP) is -0.850. The predicted molar refractivity (Wildman–Crippen MR) is 113 cm³/mol. The van der Waals surface area contributed by atoms with E-state index < -0.39 is 11.2 Å². The van der Waals surface area contributed by atoms with Crippen molar-refractivity contribution in [1.29, 1.82) is 0 Å². The monoisotopic (exact) mass is 423 g/mol. The van der Waals surface area contributed by atoms with Crippen molar-refractivity contribution in [3.8, 4) is 0 Å². The van der Waals surface area contributed by atoms with Crippen molar-refractivity contribution in [1.82, 2.24) is 24.0 Å². The van der Waals surface area contributed by atoms with Crippen molar-refractivity contribution in [2.75, 3.05) is 16.8 Å². The van der Waals surface area contributed by atoms with Gasteiger partial charge in [-0.3, -0.25) is 23.5 Å². The molecule has 1 fully saturated rings. The molecule has 2 atom stereocenters. The second kappa shape index (κ2) is 6.83. The van der Waals surface area contributed by atoms with Gasteiger partial charge in [-0.15, -0.1) is 0 Å². The zero-order chi connectivity index (χ0) is 21.9. The van der Waals surface area contributed by atoms with E-state index in [2.05, 4.69) is 15.6 Å². The fourth-order valence-corrected chi connectivity index (χ4v) is 4.45. The molecule has 5 rings (SSSR count). The molecule has 1 aromatic carbocycles. The van der Waals surface area contributed by atoms with Crippen molar-refractivity contribution in [2.45, 2.75) is 25.0 Å². The number of rotatable bonds is 3. The lowest BCUT2D eigenvalue weighted by Gasteiger charge is -2.32. The van der Waals surface area contributed by atoms with Gasteiger partial charge in [0.1, 0.15) is 12.6 Å². The largest absolute Gasteiger partial charge is 0.356 e. The number of nitrogens with one attached hydrogen (secondary N) is 2. The van der Waals surface area contributed by atoms with Gasteiger partial charge in [-0.2, -0.15) is 0 Å². The summed E-state index contributed by atoms with van der Waals surface area (Å²) in [7, 11) is 2.91. The van der Waals surface area contributed by atoms with Crippen LogP contribution >= 0.6 is 0 Å². The molecular weight excluding hydrogens is 402 g/mol. The molecule has 2 unspecified atom stereocenters. The summed E-state index contributed by atoms with van der Waals surface area (Å²) in [5.74, 6) is -0.380. The second-order valence-corrected chi connectivity index (χ2v) is 7.93. The lowest BCUT2D eigenvalue weighted by Crippen LogP contribution is -2.44. The minimum absolute atomic E-state index is 0.0829. The average Bonchev–Trinajstić information content (AvgIpc) is 3.36. The smallest absolute Gasteiger partial charge is 0.332 e. The van der Waals surface area contributed by atoms with Crippen LogP contribution in [0.25, 0.3) is 11.2 Å². The van der Waals surface area contributed by atoms with Crippen LogP contribution in [0, 0.1) is 0 Å². The molecule has 11 heteroatoms. The van der Waals surface area contributed by atoms with E-state index in [9.17, 15) is 19.2 Å². The normalized spacial score (nSPS) is 19.8. The first-order valence-electron chi connectivity index (χ1n) is 9.92. The van der Waals surface area contributed by atoms with E-state index >= 15 is 0 Å². The van der Waals surface area contributed by atoms with E-state index in [-0.39, 0.29) is 41.6 Å². The first-order valence-corrected chi connectivity index (χ1v) is 9.92. The Morgan fingerprint density at radius 2 is 1.97 bits per heavy atom. The Morgan fingerprint density at radius 3 is 2.77 bits per heavy atom. The number of amides is 2. The molecule has 31 heavy (non-hydrogen) atoms. The second-order valence-electron chi connectivity index (χ2n) is 7.93. The lowest BCUT2D eigenvalue weighted by molar-refractivity contribution is -0.122. The van der Waals surface area contributed by atoms with Crippen LogP contribution in [0.15, 0.2) is 40.2 Å². The van der Waals surface area contributed by atoms with Gasteiger partial charge in [-0.05, 0) is 18.6 Å². The van der Waals surface area contributed by atoms with Crippen molar-refractivity contribution in [2.24, 2.45) is 14.1 Å². The number of aromatic nitrogens is 4. The maximum atomic E-state index is 12.7. The number of aryl methyl sites for hydroxylation is 1. The van der Waals surface area contributed by atoms with E-state index in [0.29, 0.717) is 13.0 Å². The van der Waals surface area contributed by atoms with E-state index in [4.69, 9.17) is 0 Å². The number of hydrogen-bond donors (Lipinski definition) is 2. The van der Waals surface area contributed by atoms with Crippen LogP contribution in [0.4, 0.5) is 11.4 Å². The third kappa shape index (κ3) is 2.92. The first kappa shape index (κ1) is 19.1. The van der Waals surface area contributed by atoms with Crippen LogP contribution in [-0.2, 0) is 30.2 Å². The number of carbonyl (C=O) groups excluding carboxylic acids is 2. The standard InChI is InChI=1S/C20H21N7O4/c1-24-17-16(19(30)25(2)20(24)31)26(10-21-17)9-15(28)22-11-7-14-18(29)23-12-5-3-4-6-13(12)27(14)8-11/h3-6,10-11,14H,7-9H2,1-2H3,(H,22,28)(H,23,29). The fourth-order valence-electron chi connectivity index (χ4n) is 4.45. The summed E-state index contributed by atoms with van der Waals surface area (Å²) < 4.78 is 3.70. The highest BCUT2D eigenvalue weighted by Gasteiger charge is 2.41. The fraction of sp³-hybridized carbons (Fsp3) is 0.350. The van der Waals surface area contributed by atoms with Crippen LogP contribution in [0.2, 0.25) is 0 Å². The van der Waals surface area contributed by atoms with Gasteiger partial charge in [0.2, 0.25) is 11.8 Å². The van der Waals surface area contributed by atoms with Gasteiger partial charge in [0.25, 0.3) is 5.56 Å². The van der Waals surface area contributed by atoms with Gasteiger partial charge in [0.15, 0.2) is 11.2 Å². The van der Waals surface area contributed by atoms with E-state index in [1.54, 1.807) is 0 Å². The number of carbonyl (C=O) groups is 2. The molecule has 2 N–H and O–H groups in total. The number of hydrogen-bond acceptors (Lipinski definition) is 6. The van der Waals surface area contributed by atoms with Gasteiger partial charge >= 0.3 is 5.69 Å². The van der Waals surface area contributed by atoms with Gasteiger partial charge in [-0.1, -0.05) is 12.1 Å². The molecule has 2 aliphatic rings. The number of benzene rings is 1. The van der Waals surface area contributed by atoms with Crippen LogP contribution in [-0.4, -0.2) is 49.1 Å². The maximum Gasteiger partial charge on any atom is 0.332 e. The van der Waals surface area contributed by atoms with Crippen LogP contribution in [0.5, 0.6) is 0 Å². The van der Waals surface area contributed by atoms with Crippen molar-refractivity contribution in [3.63, 3.8) is 0 Å². The molecule has 0 spiro atoms. The molecule has 1 saturated heterocycles. The zero-order valence-corrected chi connectivity index (χ0v) is 17.0. The quantitative estimate of drug-likeness (QED) is 0.566. The Hall–Kier alpha value is -3.89. The molecule has 2 amide bonds. The van der Waals surface area contributed by atoms with Crippen molar-refractivity contribution in [3.05, 3.63) is 51.4 Å². The Labute approximate surface area is 175 Å². The Bertz CT molecular complexity index is 1350. The highest BCUT2D eigenvalue weighted by atomic mass is 16.2. The molecule has 160 valence electrons. The van der Waals surface area contributed by atoms with Gasteiger partial charge in [0.05, 0.1) is 17.7 Å². The molecule has 11 nitrogen and oxygen atoms in total. The SMILES string of the molecule is Cn1c(=O)c2c(ncn2CC(=O)NC2CC3C(=O)Nc4ccccc4N3C2)n(C)c1=O. The molecule has 2 aromatic heterocycles. The first-order chi connectivity index (χ1) is 14.8. The third-order valence-corrected chi connectivity index (χ3v) is 5.97. The van der Waals surface area contributed by atoms with Gasteiger partial charge < -0.3 is 20.1 Å². The van der Waals surface area contributed by atoms with Gasteiger partial charge in [-0.25, -0.2) is 9.78 Å². The molecule has 0 radical (unpaired) electrons. The minimum atomic E-state index is -0.505. The molecular formula is C20H21N7O4. The summed E-state index contributed by atoms with van der Waals surface area (Å²) in [6.45, 7) is 0.398. The number of fused-ring (bicyclic) bond motifs is 4. The van der Waals surface area contributed by atoms with E-state index in [0.717, 1.165) is 15.9 Å². The summed E-state index contributed by atoms with van der Waals surface area (Å²) >= 11 is 0. The number of anilines is 2. The number of para-hydroxylation sites is 2. The molecule has 0 saturated carbocycles. The van der Waals surface area contributed by atoms with Crippen LogP contribution < -0.4 is 26.8 Å². The molecule has 0 aliphatic carbocycles. The molecule has 0 bridgehead atoms. The summed E-state index contributed by atoms with van der Waals surface area (Å²) in [4.78, 5) is 55.9. The average molecular weight is 423 g/mol. The Balaban J connectivity index is 1.35. The Morgan fingerprint density at radius 1 is 1.19 bits per heavy atom. The van der Waals surface area contributed by atoms with Crippen molar-refractivity contribution < 1.29 is 9.59 Å². The summed E-state index contributed by atoms with van der Waals surface area (Å²) in [6, 6.07) is 7.03. The lowest BCUT2D eigenvalue weighted by atomic mass is 10.1. The maximum absolute atomic E-state index is 12.7. The van der Waals surface area contributed by atoms with Crippen LogP contribution in [0.1, 0.15) is 6.42 Å².